The van der Waals surface area contributed by atoms with Crippen molar-refractivity contribution in [2.75, 3.05) is 26.4 Å². The zero-order valence-corrected chi connectivity index (χ0v) is 14.7. The first-order valence-corrected chi connectivity index (χ1v) is 8.83. The van der Waals surface area contributed by atoms with E-state index in [0.29, 0.717) is 6.61 Å². The van der Waals surface area contributed by atoms with Crippen molar-refractivity contribution in [1.82, 2.24) is 0 Å². The van der Waals surface area contributed by atoms with Crippen LogP contribution in [0.2, 0.25) is 0 Å². The second-order valence-electron chi connectivity index (χ2n) is 6.03. The minimum absolute atomic E-state index is 0.0187. The van der Waals surface area contributed by atoms with E-state index in [2.05, 4.69) is 6.92 Å². The van der Waals surface area contributed by atoms with Gasteiger partial charge in [0, 0.05) is 0 Å². The Bertz CT molecular complexity index is 423. The highest BCUT2D eigenvalue weighted by Gasteiger charge is 2.42. The number of rotatable bonds is 14. The molecule has 0 spiro atoms. The molecule has 1 unspecified atom stereocenters. The summed E-state index contributed by atoms with van der Waals surface area (Å²) in [5.74, 6) is -1.05. The van der Waals surface area contributed by atoms with E-state index >= 15 is 0 Å². The number of hydrogen-bond acceptors (Lipinski definition) is 8. The number of esters is 1. The molecule has 0 aromatic heterocycles. The lowest BCUT2D eigenvalue weighted by atomic mass is 10.1. The monoisotopic (exact) mass is 362 g/mol. The van der Waals surface area contributed by atoms with Crippen molar-refractivity contribution in [3.63, 3.8) is 0 Å². The van der Waals surface area contributed by atoms with Crippen LogP contribution in [0.4, 0.5) is 0 Å². The largest absolute Gasteiger partial charge is 0.490 e. The summed E-state index contributed by atoms with van der Waals surface area (Å²) in [6.45, 7) is 1.04. The Labute approximate surface area is 148 Å². The standard InChI is InChI=1S/C17H30O8/c1-2-3-4-5-6-7-8-23-15-14(13(21)10-19)25-17(22)16(15)24-11-12(20)9-18/h12-14,18-21H,2-11H2,1H3/t12?,13-,14+/m0/s1. The maximum absolute atomic E-state index is 11.9. The minimum Gasteiger partial charge on any atom is -0.490 e. The fraction of sp³-hybridized carbons (Fsp3) is 0.824. The van der Waals surface area contributed by atoms with E-state index in [9.17, 15) is 15.0 Å². The van der Waals surface area contributed by atoms with Gasteiger partial charge in [-0.1, -0.05) is 39.0 Å². The van der Waals surface area contributed by atoms with Crippen LogP contribution in [0.25, 0.3) is 0 Å². The first-order valence-electron chi connectivity index (χ1n) is 8.83. The predicted octanol–water partition coefficient (Wildman–Crippen LogP) is 0.223. The molecule has 0 saturated heterocycles. The van der Waals surface area contributed by atoms with Gasteiger partial charge in [0.05, 0.1) is 19.8 Å². The fourth-order valence-corrected chi connectivity index (χ4v) is 2.38. The van der Waals surface area contributed by atoms with Crippen molar-refractivity contribution in [2.45, 2.75) is 63.8 Å². The summed E-state index contributed by atoms with van der Waals surface area (Å²) in [5, 5.41) is 37.1. The summed E-state index contributed by atoms with van der Waals surface area (Å²) >= 11 is 0. The van der Waals surface area contributed by atoms with Gasteiger partial charge in [0.15, 0.2) is 11.9 Å². The molecule has 0 amide bonds. The van der Waals surface area contributed by atoms with Crippen LogP contribution in [0.5, 0.6) is 0 Å². The lowest BCUT2D eigenvalue weighted by Crippen LogP contribution is -2.32. The highest BCUT2D eigenvalue weighted by Crippen LogP contribution is 2.27. The number of carbonyl (C=O) groups is 1. The van der Waals surface area contributed by atoms with Crippen molar-refractivity contribution in [2.24, 2.45) is 0 Å². The van der Waals surface area contributed by atoms with Crippen LogP contribution in [0, 0.1) is 0 Å². The zero-order chi connectivity index (χ0) is 18.7. The van der Waals surface area contributed by atoms with Crippen LogP contribution in [0.3, 0.4) is 0 Å². The van der Waals surface area contributed by atoms with Gasteiger partial charge in [0.25, 0.3) is 0 Å². The smallest absolute Gasteiger partial charge is 0.378 e. The second kappa shape index (κ2) is 12.1. The van der Waals surface area contributed by atoms with Crippen molar-refractivity contribution >= 4 is 5.97 Å². The van der Waals surface area contributed by atoms with E-state index in [4.69, 9.17) is 24.4 Å². The molecule has 25 heavy (non-hydrogen) atoms. The molecule has 1 rings (SSSR count). The molecule has 1 aliphatic rings. The van der Waals surface area contributed by atoms with Crippen molar-refractivity contribution in [1.29, 1.82) is 0 Å². The molecular formula is C17H30O8. The van der Waals surface area contributed by atoms with E-state index in [0.717, 1.165) is 19.3 Å². The van der Waals surface area contributed by atoms with E-state index < -0.39 is 37.5 Å². The molecule has 0 aromatic rings. The average molecular weight is 362 g/mol. The number of ether oxygens (including phenoxy) is 3. The maximum Gasteiger partial charge on any atom is 0.378 e. The van der Waals surface area contributed by atoms with Crippen molar-refractivity contribution < 1.29 is 39.4 Å². The molecule has 0 bridgehead atoms. The van der Waals surface area contributed by atoms with Gasteiger partial charge in [-0.15, -0.1) is 0 Å². The molecule has 3 atom stereocenters. The van der Waals surface area contributed by atoms with Crippen molar-refractivity contribution in [3.8, 4) is 0 Å². The van der Waals surface area contributed by atoms with Crippen molar-refractivity contribution in [3.05, 3.63) is 11.5 Å². The quantitative estimate of drug-likeness (QED) is 0.255. The van der Waals surface area contributed by atoms with Gasteiger partial charge < -0.3 is 34.6 Å². The van der Waals surface area contributed by atoms with Crippen LogP contribution >= 0.6 is 0 Å². The lowest BCUT2D eigenvalue weighted by molar-refractivity contribution is -0.149. The molecule has 0 radical (unpaired) electrons. The summed E-state index contributed by atoms with van der Waals surface area (Å²) in [6, 6.07) is 0. The summed E-state index contributed by atoms with van der Waals surface area (Å²) in [5.41, 5.74) is 0. The first-order chi connectivity index (χ1) is 12.0. The van der Waals surface area contributed by atoms with E-state index in [1.165, 1.54) is 19.3 Å². The van der Waals surface area contributed by atoms with Gasteiger partial charge >= 0.3 is 5.97 Å². The fourth-order valence-electron chi connectivity index (χ4n) is 2.38. The summed E-state index contributed by atoms with van der Waals surface area (Å²) in [6.07, 6.45) is 2.77. The summed E-state index contributed by atoms with van der Waals surface area (Å²) in [7, 11) is 0. The van der Waals surface area contributed by atoms with Crippen LogP contribution < -0.4 is 0 Å². The number of aliphatic hydroxyl groups is 4. The van der Waals surface area contributed by atoms with E-state index in [-0.39, 0.29) is 18.1 Å². The van der Waals surface area contributed by atoms with Crippen LogP contribution in [-0.2, 0) is 19.0 Å². The lowest BCUT2D eigenvalue weighted by Gasteiger charge is -2.18. The molecule has 0 saturated carbocycles. The first kappa shape index (κ1) is 21.7. The normalized spacial score (nSPS) is 19.7. The molecule has 8 nitrogen and oxygen atoms in total. The molecule has 0 aliphatic carbocycles. The van der Waals surface area contributed by atoms with Gasteiger partial charge in [-0.2, -0.15) is 0 Å². The van der Waals surface area contributed by atoms with E-state index in [1.807, 2.05) is 0 Å². The highest BCUT2D eigenvalue weighted by molar-refractivity contribution is 5.89. The molecule has 146 valence electrons. The summed E-state index contributed by atoms with van der Waals surface area (Å²) in [4.78, 5) is 11.9. The second-order valence-corrected chi connectivity index (χ2v) is 6.03. The van der Waals surface area contributed by atoms with Gasteiger partial charge in [-0.3, -0.25) is 0 Å². The zero-order valence-electron chi connectivity index (χ0n) is 14.7. The number of carbonyl (C=O) groups excluding carboxylic acids is 1. The third-order valence-corrected chi connectivity index (χ3v) is 3.82. The topological polar surface area (TPSA) is 126 Å². The maximum atomic E-state index is 11.9. The predicted molar refractivity (Wildman–Crippen MR) is 88.4 cm³/mol. The molecule has 1 aliphatic heterocycles. The molecule has 8 heteroatoms. The number of hydrogen-bond donors (Lipinski definition) is 4. The van der Waals surface area contributed by atoms with Gasteiger partial charge in [-0.25, -0.2) is 4.79 Å². The highest BCUT2D eigenvalue weighted by atomic mass is 16.6. The van der Waals surface area contributed by atoms with Gasteiger partial charge in [-0.05, 0) is 6.42 Å². The van der Waals surface area contributed by atoms with Gasteiger partial charge in [0.2, 0.25) is 5.76 Å². The Morgan fingerprint density at radius 1 is 1.04 bits per heavy atom. The Morgan fingerprint density at radius 2 is 1.72 bits per heavy atom. The molecule has 0 aromatic carbocycles. The molecule has 0 fully saturated rings. The average Bonchev–Trinajstić information content (AvgIpc) is 2.93. The number of aliphatic hydroxyl groups excluding tert-OH is 4. The van der Waals surface area contributed by atoms with Crippen LogP contribution in [0.1, 0.15) is 45.4 Å². The third kappa shape index (κ3) is 7.19. The Hall–Kier alpha value is -1.35. The number of cyclic esters (lactones) is 1. The third-order valence-electron chi connectivity index (χ3n) is 3.82. The molecule has 4 N–H and O–H groups in total. The SMILES string of the molecule is CCCCCCCCOC1=C(OCC(O)CO)C(=O)O[C@@H]1[C@@H](O)CO. The van der Waals surface area contributed by atoms with E-state index in [1.54, 1.807) is 0 Å². The molecular weight excluding hydrogens is 332 g/mol. The molecule has 1 heterocycles. The Balaban J connectivity index is 2.62. The van der Waals surface area contributed by atoms with Gasteiger partial charge in [0.1, 0.15) is 18.8 Å². The van der Waals surface area contributed by atoms with Crippen LogP contribution in [-0.4, -0.2) is 71.1 Å². The minimum atomic E-state index is -1.33. The Morgan fingerprint density at radius 3 is 2.36 bits per heavy atom. The summed E-state index contributed by atoms with van der Waals surface area (Å²) < 4.78 is 15.8. The number of unbranched alkanes of at least 4 members (excludes halogenated alkanes) is 5. The van der Waals surface area contributed by atoms with Crippen LogP contribution in [0.15, 0.2) is 11.5 Å². The Kier molecular flexibility index (Phi) is 10.5.